The van der Waals surface area contributed by atoms with Crippen LogP contribution in [-0.2, 0) is 24.8 Å². The van der Waals surface area contributed by atoms with Crippen LogP contribution in [0.15, 0.2) is 17.0 Å². The molecule has 1 aromatic carbocycles. The maximum absolute atomic E-state index is 12.5. The van der Waals surface area contributed by atoms with E-state index in [4.69, 9.17) is 0 Å². The fourth-order valence-electron chi connectivity index (χ4n) is 2.35. The quantitative estimate of drug-likeness (QED) is 0.727. The van der Waals surface area contributed by atoms with Crippen LogP contribution in [0.3, 0.4) is 0 Å². The number of amides is 1. The zero-order valence-corrected chi connectivity index (χ0v) is 17.0. The number of sulfonamides is 2. The van der Waals surface area contributed by atoms with E-state index in [1.807, 2.05) is 0 Å². The second kappa shape index (κ2) is 7.71. The molecule has 0 atom stereocenters. The van der Waals surface area contributed by atoms with Crippen LogP contribution < -0.4 is 9.03 Å². The maximum Gasteiger partial charge on any atom is 0.240 e. The van der Waals surface area contributed by atoms with Crippen molar-refractivity contribution in [2.75, 3.05) is 38.2 Å². The van der Waals surface area contributed by atoms with Crippen LogP contribution in [0.5, 0.6) is 0 Å². The number of rotatable bonds is 7. The molecule has 0 aliphatic rings. The molecule has 1 aromatic rings. The van der Waals surface area contributed by atoms with Gasteiger partial charge in [0.2, 0.25) is 26.0 Å². The summed E-state index contributed by atoms with van der Waals surface area (Å²) in [6.45, 7) is 3.23. The van der Waals surface area contributed by atoms with E-state index in [0.717, 1.165) is 10.6 Å². The molecule has 1 N–H and O–H groups in total. The van der Waals surface area contributed by atoms with Gasteiger partial charge < -0.3 is 4.90 Å². The SMILES string of the molecule is Cc1ccc(S(=O)(=O)NCCC(=O)N(C)C)c(C)c1N(C)S(C)(=O)=O. The molecule has 0 saturated carbocycles. The van der Waals surface area contributed by atoms with Crippen molar-refractivity contribution >= 4 is 31.6 Å². The van der Waals surface area contributed by atoms with Gasteiger partial charge in [0.15, 0.2) is 0 Å². The van der Waals surface area contributed by atoms with Crippen molar-refractivity contribution in [2.45, 2.75) is 25.2 Å². The van der Waals surface area contributed by atoms with E-state index in [1.165, 1.54) is 18.0 Å². The van der Waals surface area contributed by atoms with Gasteiger partial charge in [0.25, 0.3) is 0 Å². The minimum atomic E-state index is -3.87. The van der Waals surface area contributed by atoms with Gasteiger partial charge in [-0.2, -0.15) is 0 Å². The van der Waals surface area contributed by atoms with Crippen molar-refractivity contribution in [2.24, 2.45) is 0 Å². The summed E-state index contributed by atoms with van der Waals surface area (Å²) in [5.41, 5.74) is 1.31. The molecule has 1 amide bonds. The van der Waals surface area contributed by atoms with Crippen LogP contribution in [0.2, 0.25) is 0 Å². The van der Waals surface area contributed by atoms with Gasteiger partial charge in [-0.1, -0.05) is 6.07 Å². The molecule has 0 spiro atoms. The molecule has 0 saturated heterocycles. The highest BCUT2D eigenvalue weighted by Crippen LogP contribution is 2.30. The zero-order chi connectivity index (χ0) is 19.6. The first-order valence-corrected chi connectivity index (χ1v) is 10.9. The monoisotopic (exact) mass is 391 g/mol. The van der Waals surface area contributed by atoms with Crippen molar-refractivity contribution < 1.29 is 21.6 Å². The van der Waals surface area contributed by atoms with E-state index in [-0.39, 0.29) is 23.8 Å². The lowest BCUT2D eigenvalue weighted by molar-refractivity contribution is -0.128. The third-order valence-corrected chi connectivity index (χ3v) is 6.60. The van der Waals surface area contributed by atoms with Crippen LogP contribution in [0.4, 0.5) is 5.69 Å². The van der Waals surface area contributed by atoms with Gasteiger partial charge in [0, 0.05) is 34.1 Å². The molecular formula is C15H25N3O5S2. The molecule has 0 heterocycles. The highest BCUT2D eigenvalue weighted by atomic mass is 32.2. The first-order valence-electron chi connectivity index (χ1n) is 7.53. The number of carbonyl (C=O) groups excluding carboxylic acids is 1. The lowest BCUT2D eigenvalue weighted by atomic mass is 10.1. The van der Waals surface area contributed by atoms with Crippen molar-refractivity contribution in [3.63, 3.8) is 0 Å². The Balaban J connectivity index is 3.19. The van der Waals surface area contributed by atoms with Gasteiger partial charge in [-0.3, -0.25) is 9.10 Å². The molecule has 8 nitrogen and oxygen atoms in total. The molecule has 142 valence electrons. The Kier molecular flexibility index (Phi) is 6.60. The van der Waals surface area contributed by atoms with E-state index in [2.05, 4.69) is 4.72 Å². The number of aryl methyl sites for hydroxylation is 1. The van der Waals surface area contributed by atoms with Crippen molar-refractivity contribution in [1.82, 2.24) is 9.62 Å². The average molecular weight is 392 g/mol. The number of carbonyl (C=O) groups is 1. The normalized spacial score (nSPS) is 12.1. The Morgan fingerprint density at radius 3 is 2.12 bits per heavy atom. The predicted octanol–water partition coefficient (Wildman–Crippen LogP) is 0.456. The molecule has 0 fully saturated rings. The second-order valence-corrected chi connectivity index (χ2v) is 9.77. The van der Waals surface area contributed by atoms with Gasteiger partial charge in [-0.05, 0) is 31.0 Å². The van der Waals surface area contributed by atoms with Gasteiger partial charge in [-0.25, -0.2) is 21.6 Å². The molecule has 0 bridgehead atoms. The summed E-state index contributed by atoms with van der Waals surface area (Å²) in [4.78, 5) is 12.9. The van der Waals surface area contributed by atoms with Crippen LogP contribution in [-0.4, -0.2) is 61.6 Å². The Morgan fingerprint density at radius 1 is 1.08 bits per heavy atom. The largest absolute Gasteiger partial charge is 0.349 e. The summed E-state index contributed by atoms with van der Waals surface area (Å²) >= 11 is 0. The summed E-state index contributed by atoms with van der Waals surface area (Å²) in [6, 6.07) is 2.99. The molecule has 0 aliphatic heterocycles. The molecule has 1 rings (SSSR count). The first kappa shape index (κ1) is 21.4. The van der Waals surface area contributed by atoms with Gasteiger partial charge in [0.05, 0.1) is 16.8 Å². The Bertz CT molecular complexity index is 861. The van der Waals surface area contributed by atoms with Crippen LogP contribution in [0.25, 0.3) is 0 Å². The summed E-state index contributed by atoms with van der Waals surface area (Å²) in [7, 11) is -2.84. The molecule has 0 aliphatic carbocycles. The Labute approximate surface area is 149 Å². The standard InChI is InChI=1S/C15H25N3O5S2/c1-11-7-8-13(12(2)15(11)18(5)24(6,20)21)25(22,23)16-10-9-14(19)17(3)4/h7-8,16H,9-10H2,1-6H3. The zero-order valence-electron chi connectivity index (χ0n) is 15.3. The van der Waals surface area contributed by atoms with Gasteiger partial charge in [-0.15, -0.1) is 0 Å². The van der Waals surface area contributed by atoms with E-state index in [0.29, 0.717) is 16.8 Å². The van der Waals surface area contributed by atoms with E-state index < -0.39 is 20.0 Å². The van der Waals surface area contributed by atoms with Crippen molar-refractivity contribution in [1.29, 1.82) is 0 Å². The van der Waals surface area contributed by atoms with Gasteiger partial charge >= 0.3 is 0 Å². The first-order chi connectivity index (χ1) is 11.3. The molecule has 0 aromatic heterocycles. The van der Waals surface area contributed by atoms with Crippen LogP contribution >= 0.6 is 0 Å². The molecule has 0 radical (unpaired) electrons. The lowest BCUT2D eigenvalue weighted by Gasteiger charge is -2.23. The predicted molar refractivity (Wildman–Crippen MR) is 97.7 cm³/mol. The highest BCUT2D eigenvalue weighted by molar-refractivity contribution is 7.92. The van der Waals surface area contributed by atoms with Crippen molar-refractivity contribution in [3.8, 4) is 0 Å². The summed E-state index contributed by atoms with van der Waals surface area (Å²) in [5, 5.41) is 0. The van der Waals surface area contributed by atoms with E-state index >= 15 is 0 Å². The Morgan fingerprint density at radius 2 is 1.64 bits per heavy atom. The van der Waals surface area contributed by atoms with Gasteiger partial charge in [0.1, 0.15) is 0 Å². The minimum Gasteiger partial charge on any atom is -0.349 e. The summed E-state index contributed by atoms with van der Waals surface area (Å²) in [5.74, 6) is -0.194. The number of hydrogen-bond acceptors (Lipinski definition) is 5. The smallest absolute Gasteiger partial charge is 0.240 e. The number of nitrogens with zero attached hydrogens (tertiary/aromatic N) is 2. The van der Waals surface area contributed by atoms with E-state index in [9.17, 15) is 21.6 Å². The molecule has 25 heavy (non-hydrogen) atoms. The second-order valence-electron chi connectivity index (χ2n) is 6.02. The molecule has 10 heteroatoms. The number of nitrogens with one attached hydrogen (secondary N) is 1. The molecule has 0 unspecified atom stereocenters. The Hall–Kier alpha value is -1.65. The topological polar surface area (TPSA) is 104 Å². The molecular weight excluding hydrogens is 366 g/mol. The van der Waals surface area contributed by atoms with Crippen LogP contribution in [0, 0.1) is 13.8 Å². The average Bonchev–Trinajstić information content (AvgIpc) is 2.45. The fourth-order valence-corrected chi connectivity index (χ4v) is 4.24. The number of hydrogen-bond donors (Lipinski definition) is 1. The van der Waals surface area contributed by atoms with Crippen LogP contribution in [0.1, 0.15) is 17.5 Å². The third kappa shape index (κ3) is 5.16. The lowest BCUT2D eigenvalue weighted by Crippen LogP contribution is -2.31. The number of anilines is 1. The summed E-state index contributed by atoms with van der Waals surface area (Å²) in [6.07, 6.45) is 1.09. The maximum atomic E-state index is 12.5. The number of benzene rings is 1. The fraction of sp³-hybridized carbons (Fsp3) is 0.533. The minimum absolute atomic E-state index is 0.0131. The van der Waals surface area contributed by atoms with E-state index in [1.54, 1.807) is 34.0 Å². The summed E-state index contributed by atoms with van der Waals surface area (Å²) < 4.78 is 52.2. The highest BCUT2D eigenvalue weighted by Gasteiger charge is 2.24. The third-order valence-electron chi connectivity index (χ3n) is 3.81. The van der Waals surface area contributed by atoms with Crippen molar-refractivity contribution in [3.05, 3.63) is 23.3 Å².